The third-order valence-corrected chi connectivity index (χ3v) is 6.87. The van der Waals surface area contributed by atoms with E-state index in [2.05, 4.69) is 15.3 Å². The van der Waals surface area contributed by atoms with Crippen LogP contribution in [0.3, 0.4) is 0 Å². The van der Waals surface area contributed by atoms with E-state index in [-0.39, 0.29) is 5.91 Å². The number of carbonyl (C=O) groups is 1. The number of pyridine rings is 1. The SMILES string of the molecule is CC.CC.CC.CC.CN=C(C)C1CCCN(C(=O)CCC(=N)c2c(NC3CCCCC3)ncc(C)c2N)C1. The van der Waals surface area contributed by atoms with Gasteiger partial charge in [-0.05, 0) is 51.5 Å². The summed E-state index contributed by atoms with van der Waals surface area (Å²) >= 11 is 0. The maximum atomic E-state index is 12.9. The zero-order valence-corrected chi connectivity index (χ0v) is 27.3. The van der Waals surface area contributed by atoms with Crippen LogP contribution in [0.4, 0.5) is 11.5 Å². The Bertz CT molecular complexity index is 830. The van der Waals surface area contributed by atoms with E-state index in [4.69, 9.17) is 11.1 Å². The highest BCUT2D eigenvalue weighted by atomic mass is 16.2. The summed E-state index contributed by atoms with van der Waals surface area (Å²) in [6, 6.07) is 0.380. The van der Waals surface area contributed by atoms with Gasteiger partial charge in [-0.15, -0.1) is 0 Å². The second-order valence-corrected chi connectivity index (χ2v) is 9.08. The van der Waals surface area contributed by atoms with E-state index in [0.29, 0.717) is 47.6 Å². The van der Waals surface area contributed by atoms with Gasteiger partial charge in [-0.2, -0.15) is 0 Å². The number of anilines is 2. The Labute approximate surface area is 241 Å². The maximum absolute atomic E-state index is 12.9. The van der Waals surface area contributed by atoms with Gasteiger partial charge in [0.05, 0.1) is 5.56 Å². The third-order valence-electron chi connectivity index (χ3n) is 6.87. The number of nitrogens with two attached hydrogens (primary N) is 1. The summed E-state index contributed by atoms with van der Waals surface area (Å²) in [5, 5.41) is 12.3. The van der Waals surface area contributed by atoms with Crippen LogP contribution < -0.4 is 11.1 Å². The number of aromatic nitrogens is 1. The fourth-order valence-electron chi connectivity index (χ4n) is 4.72. The first-order chi connectivity index (χ1) is 18.9. The van der Waals surface area contributed by atoms with Gasteiger partial charge < -0.3 is 21.4 Å². The lowest BCUT2D eigenvalue weighted by Gasteiger charge is -2.33. The predicted octanol–water partition coefficient (Wildman–Crippen LogP) is 8.30. The normalized spacial score (nSPS) is 16.9. The van der Waals surface area contributed by atoms with Gasteiger partial charge in [0.25, 0.3) is 0 Å². The van der Waals surface area contributed by atoms with E-state index in [9.17, 15) is 4.79 Å². The number of aliphatic imine (C=N–C) groups is 1. The van der Waals surface area contributed by atoms with Crippen molar-refractivity contribution in [2.45, 2.75) is 133 Å². The third kappa shape index (κ3) is 13.0. The summed E-state index contributed by atoms with van der Waals surface area (Å²) < 4.78 is 0. The van der Waals surface area contributed by atoms with E-state index in [1.807, 2.05) is 81.2 Å². The molecule has 39 heavy (non-hydrogen) atoms. The minimum Gasteiger partial charge on any atom is -0.398 e. The van der Waals surface area contributed by atoms with E-state index >= 15 is 0 Å². The van der Waals surface area contributed by atoms with Crippen LogP contribution in [0.5, 0.6) is 0 Å². The molecular weight excluding hydrogens is 484 g/mol. The molecule has 1 aromatic rings. The van der Waals surface area contributed by atoms with Crippen molar-refractivity contribution in [1.29, 1.82) is 5.41 Å². The molecule has 2 fully saturated rings. The molecule has 1 aromatic heterocycles. The Morgan fingerprint density at radius 1 is 1.03 bits per heavy atom. The molecule has 1 atom stereocenters. The van der Waals surface area contributed by atoms with Crippen LogP contribution in [0.2, 0.25) is 0 Å². The second kappa shape index (κ2) is 23.4. The molecule has 1 unspecified atom stereocenters. The van der Waals surface area contributed by atoms with Crippen LogP contribution in [0, 0.1) is 18.3 Å². The summed E-state index contributed by atoms with van der Waals surface area (Å²) in [5.41, 5.74) is 10.0. The number of rotatable bonds is 7. The molecular formula is C32H62N6O. The molecule has 2 aliphatic rings. The highest BCUT2D eigenvalue weighted by Crippen LogP contribution is 2.29. The minimum atomic E-state index is 0.110. The lowest BCUT2D eigenvalue weighted by Crippen LogP contribution is -2.42. The zero-order chi connectivity index (χ0) is 30.4. The Kier molecular flexibility index (Phi) is 23.3. The lowest BCUT2D eigenvalue weighted by molar-refractivity contribution is -0.132. The molecule has 0 radical (unpaired) electrons. The molecule has 226 valence electrons. The number of hydrogen-bond acceptors (Lipinski definition) is 6. The summed E-state index contributed by atoms with van der Waals surface area (Å²) in [6.45, 7) is 21.5. The fourth-order valence-corrected chi connectivity index (χ4v) is 4.72. The van der Waals surface area contributed by atoms with Crippen molar-refractivity contribution < 1.29 is 4.79 Å². The van der Waals surface area contributed by atoms with Gasteiger partial charge in [0, 0.05) is 61.8 Å². The summed E-state index contributed by atoms with van der Waals surface area (Å²) in [7, 11) is 1.82. The van der Waals surface area contributed by atoms with Gasteiger partial charge in [0.2, 0.25) is 5.91 Å². The van der Waals surface area contributed by atoms with Crippen molar-refractivity contribution in [2.24, 2.45) is 10.9 Å². The monoisotopic (exact) mass is 546 g/mol. The first kappa shape index (κ1) is 38.7. The average Bonchev–Trinajstić information content (AvgIpc) is 3.02. The molecule has 1 saturated carbocycles. The van der Waals surface area contributed by atoms with Crippen LogP contribution in [0.15, 0.2) is 11.2 Å². The van der Waals surface area contributed by atoms with Gasteiger partial charge >= 0.3 is 0 Å². The number of likely N-dealkylation sites (tertiary alicyclic amines) is 1. The maximum Gasteiger partial charge on any atom is 0.222 e. The molecule has 1 saturated heterocycles. The molecule has 1 aliphatic heterocycles. The molecule has 2 heterocycles. The Morgan fingerprint density at radius 3 is 2.18 bits per heavy atom. The topological polar surface area (TPSA) is 107 Å². The van der Waals surface area contributed by atoms with Crippen molar-refractivity contribution >= 4 is 28.8 Å². The Hall–Kier alpha value is -2.44. The lowest BCUT2D eigenvalue weighted by atomic mass is 9.93. The van der Waals surface area contributed by atoms with Crippen LogP contribution in [-0.2, 0) is 4.79 Å². The highest BCUT2D eigenvalue weighted by molar-refractivity contribution is 6.08. The smallest absolute Gasteiger partial charge is 0.222 e. The summed E-state index contributed by atoms with van der Waals surface area (Å²) in [5.74, 6) is 1.16. The van der Waals surface area contributed by atoms with Crippen LogP contribution in [0.1, 0.15) is 131 Å². The van der Waals surface area contributed by atoms with Crippen molar-refractivity contribution in [3.63, 3.8) is 0 Å². The number of hydrogen-bond donors (Lipinski definition) is 3. The van der Waals surface area contributed by atoms with Crippen molar-refractivity contribution in [1.82, 2.24) is 9.88 Å². The summed E-state index contributed by atoms with van der Waals surface area (Å²) in [4.78, 5) is 23.7. The van der Waals surface area contributed by atoms with Crippen LogP contribution in [0.25, 0.3) is 0 Å². The van der Waals surface area contributed by atoms with Gasteiger partial charge in [0.15, 0.2) is 0 Å². The van der Waals surface area contributed by atoms with Crippen molar-refractivity contribution in [3.05, 3.63) is 17.3 Å². The quantitative estimate of drug-likeness (QED) is 0.299. The Balaban J connectivity index is 0. The van der Waals surface area contributed by atoms with Crippen LogP contribution >= 0.6 is 0 Å². The zero-order valence-electron chi connectivity index (χ0n) is 27.3. The standard InChI is InChI=1S/C24H38N6O.4C2H6/c1-16-14-28-24(29-19-9-5-4-6-10-19)22(23(16)26)20(25)11-12-21(31)30-13-7-8-18(15-30)17(2)27-3;4*1-2/h14,18-19,25H,4-13,15H2,1-3H3,(H3,26,28,29);4*1-2H3. The van der Waals surface area contributed by atoms with Gasteiger partial charge in [-0.1, -0.05) is 74.7 Å². The molecule has 3 rings (SSSR count). The predicted molar refractivity (Wildman–Crippen MR) is 174 cm³/mol. The van der Waals surface area contributed by atoms with Gasteiger partial charge in [-0.3, -0.25) is 9.79 Å². The first-order valence-electron chi connectivity index (χ1n) is 15.7. The summed E-state index contributed by atoms with van der Waals surface area (Å²) in [6.07, 6.45) is 10.5. The second-order valence-electron chi connectivity index (χ2n) is 9.08. The number of amides is 1. The molecule has 7 heteroatoms. The number of aryl methyl sites for hydroxylation is 1. The van der Waals surface area contributed by atoms with Crippen molar-refractivity contribution in [2.75, 3.05) is 31.2 Å². The minimum absolute atomic E-state index is 0.110. The Morgan fingerprint density at radius 2 is 1.62 bits per heavy atom. The fraction of sp³-hybridized carbons (Fsp3) is 0.750. The van der Waals surface area contributed by atoms with E-state index in [0.717, 1.165) is 50.0 Å². The molecule has 7 nitrogen and oxygen atoms in total. The number of nitrogens with one attached hydrogen (secondary N) is 2. The van der Waals surface area contributed by atoms with Gasteiger partial charge in [-0.25, -0.2) is 4.98 Å². The van der Waals surface area contributed by atoms with Crippen LogP contribution in [-0.4, -0.2) is 53.4 Å². The number of carbonyl (C=O) groups excluding carboxylic acids is 1. The number of nitrogen functional groups attached to an aromatic ring is 1. The largest absolute Gasteiger partial charge is 0.398 e. The first-order valence-corrected chi connectivity index (χ1v) is 15.7. The van der Waals surface area contributed by atoms with E-state index in [1.165, 1.54) is 19.3 Å². The number of piperidine rings is 1. The van der Waals surface area contributed by atoms with E-state index in [1.54, 1.807) is 6.20 Å². The van der Waals surface area contributed by atoms with Crippen molar-refractivity contribution in [3.8, 4) is 0 Å². The highest BCUT2D eigenvalue weighted by Gasteiger charge is 2.26. The number of nitrogens with zero attached hydrogens (tertiary/aromatic N) is 3. The molecule has 0 bridgehead atoms. The molecule has 0 spiro atoms. The molecule has 1 amide bonds. The average molecular weight is 547 g/mol. The molecule has 1 aliphatic carbocycles. The van der Waals surface area contributed by atoms with Gasteiger partial charge in [0.1, 0.15) is 5.82 Å². The molecule has 4 N–H and O–H groups in total. The molecule has 0 aromatic carbocycles. The van der Waals surface area contributed by atoms with E-state index < -0.39 is 0 Å².